The Morgan fingerprint density at radius 1 is 1.29 bits per heavy atom. The maximum Gasteiger partial charge on any atom is 0.149 e. The third kappa shape index (κ3) is 4.38. The molecule has 2 heterocycles. The van der Waals surface area contributed by atoms with Crippen molar-refractivity contribution in [3.63, 3.8) is 0 Å². The van der Waals surface area contributed by atoms with Crippen LogP contribution in [-0.4, -0.2) is 50.2 Å². The van der Waals surface area contributed by atoms with Crippen molar-refractivity contribution in [3.05, 3.63) is 16.1 Å². The summed E-state index contributed by atoms with van der Waals surface area (Å²) in [6, 6.07) is 1.79. The van der Waals surface area contributed by atoms with Crippen molar-refractivity contribution >= 4 is 34.8 Å². The molecule has 118 valence electrons. The summed E-state index contributed by atoms with van der Waals surface area (Å²) in [4.78, 5) is 9.14. The molecule has 0 saturated carbocycles. The number of hydrogen-bond donors (Lipinski definition) is 1. The van der Waals surface area contributed by atoms with Crippen LogP contribution in [0.15, 0.2) is 6.07 Å². The van der Waals surface area contributed by atoms with Crippen molar-refractivity contribution in [1.29, 1.82) is 0 Å². The molecule has 1 aliphatic rings. The Hall–Kier alpha value is -0.710. The molecule has 1 N–H and O–H groups in total. The minimum Gasteiger partial charge on any atom is -0.369 e. The monoisotopic (exact) mass is 330 g/mol. The molecule has 1 fully saturated rings. The average molecular weight is 331 g/mol. The van der Waals surface area contributed by atoms with Crippen molar-refractivity contribution < 1.29 is 0 Å². The van der Waals surface area contributed by atoms with E-state index in [0.717, 1.165) is 37.9 Å². The molecule has 1 aromatic heterocycles. The van der Waals surface area contributed by atoms with E-state index in [4.69, 9.17) is 23.2 Å². The smallest absolute Gasteiger partial charge is 0.149 e. The first-order chi connectivity index (χ1) is 10.0. The van der Waals surface area contributed by atoms with Gasteiger partial charge in [-0.15, -0.1) is 0 Å². The molecular formula is C15H24Cl2N4. The van der Waals surface area contributed by atoms with Gasteiger partial charge in [-0.25, -0.2) is 4.98 Å². The SMILES string of the molecule is CCNc1nc(N2CCC(CN(C)C)CC2)c(Cl)cc1Cl. The summed E-state index contributed by atoms with van der Waals surface area (Å²) in [7, 11) is 4.26. The first-order valence-electron chi connectivity index (χ1n) is 7.50. The zero-order chi connectivity index (χ0) is 15.4. The summed E-state index contributed by atoms with van der Waals surface area (Å²) in [5, 5.41) is 4.39. The number of pyridine rings is 1. The van der Waals surface area contributed by atoms with E-state index in [1.807, 2.05) is 6.92 Å². The molecule has 0 radical (unpaired) electrons. The Labute approximate surface area is 137 Å². The van der Waals surface area contributed by atoms with Crippen LogP contribution in [-0.2, 0) is 0 Å². The molecule has 1 aliphatic heterocycles. The molecule has 21 heavy (non-hydrogen) atoms. The molecule has 0 aliphatic carbocycles. The summed E-state index contributed by atoms with van der Waals surface area (Å²) in [6.45, 7) is 5.97. The van der Waals surface area contributed by atoms with Crippen LogP contribution >= 0.6 is 23.2 Å². The minimum atomic E-state index is 0.577. The lowest BCUT2D eigenvalue weighted by atomic mass is 9.96. The van der Waals surface area contributed by atoms with Crippen LogP contribution in [0.5, 0.6) is 0 Å². The fraction of sp³-hybridized carbons (Fsp3) is 0.667. The van der Waals surface area contributed by atoms with Gasteiger partial charge in [0, 0.05) is 26.2 Å². The topological polar surface area (TPSA) is 31.4 Å². The Balaban J connectivity index is 2.07. The number of halogens is 2. The highest BCUT2D eigenvalue weighted by Gasteiger charge is 2.23. The van der Waals surface area contributed by atoms with Gasteiger partial charge in [0.05, 0.1) is 10.0 Å². The highest BCUT2D eigenvalue weighted by Crippen LogP contribution is 2.33. The number of nitrogens with one attached hydrogen (secondary N) is 1. The van der Waals surface area contributed by atoms with E-state index in [1.54, 1.807) is 6.07 Å². The van der Waals surface area contributed by atoms with Crippen molar-refractivity contribution in [1.82, 2.24) is 9.88 Å². The van der Waals surface area contributed by atoms with Crippen molar-refractivity contribution in [2.75, 3.05) is 50.5 Å². The normalized spacial score (nSPS) is 16.6. The van der Waals surface area contributed by atoms with Crippen LogP contribution in [0.2, 0.25) is 10.0 Å². The van der Waals surface area contributed by atoms with Gasteiger partial charge < -0.3 is 15.1 Å². The zero-order valence-electron chi connectivity index (χ0n) is 13.0. The Bertz CT molecular complexity index is 471. The number of hydrogen-bond acceptors (Lipinski definition) is 4. The predicted octanol–water partition coefficient (Wildman–Crippen LogP) is 3.60. The van der Waals surface area contributed by atoms with E-state index >= 15 is 0 Å². The van der Waals surface area contributed by atoms with Gasteiger partial charge in [0.2, 0.25) is 0 Å². The Morgan fingerprint density at radius 2 is 1.95 bits per heavy atom. The van der Waals surface area contributed by atoms with Crippen LogP contribution < -0.4 is 10.2 Å². The molecule has 2 rings (SSSR count). The first-order valence-corrected chi connectivity index (χ1v) is 8.26. The van der Waals surface area contributed by atoms with Gasteiger partial charge in [-0.3, -0.25) is 0 Å². The predicted molar refractivity (Wildman–Crippen MR) is 91.9 cm³/mol. The van der Waals surface area contributed by atoms with E-state index in [-0.39, 0.29) is 0 Å². The van der Waals surface area contributed by atoms with Crippen molar-refractivity contribution in [2.45, 2.75) is 19.8 Å². The quantitative estimate of drug-likeness (QED) is 0.893. The van der Waals surface area contributed by atoms with Gasteiger partial charge >= 0.3 is 0 Å². The van der Waals surface area contributed by atoms with Gasteiger partial charge in [-0.05, 0) is 45.8 Å². The second-order valence-corrected chi connectivity index (χ2v) is 6.66. The van der Waals surface area contributed by atoms with Crippen LogP contribution in [0.3, 0.4) is 0 Å². The third-order valence-electron chi connectivity index (χ3n) is 3.79. The molecule has 1 saturated heterocycles. The summed E-state index contributed by atoms with van der Waals surface area (Å²) in [6.07, 6.45) is 2.35. The maximum absolute atomic E-state index is 6.33. The zero-order valence-corrected chi connectivity index (χ0v) is 14.5. The lowest BCUT2D eigenvalue weighted by Crippen LogP contribution is -2.37. The molecule has 4 nitrogen and oxygen atoms in total. The van der Waals surface area contributed by atoms with Crippen molar-refractivity contribution in [2.24, 2.45) is 5.92 Å². The number of nitrogens with zero attached hydrogens (tertiary/aromatic N) is 3. The van der Waals surface area contributed by atoms with Crippen LogP contribution in [0, 0.1) is 5.92 Å². The largest absolute Gasteiger partial charge is 0.369 e. The molecule has 0 spiro atoms. The van der Waals surface area contributed by atoms with Gasteiger partial charge in [-0.2, -0.15) is 0 Å². The third-order valence-corrected chi connectivity index (χ3v) is 4.36. The van der Waals surface area contributed by atoms with Gasteiger partial charge in [0.15, 0.2) is 0 Å². The summed E-state index contributed by atoms with van der Waals surface area (Å²) < 4.78 is 0. The van der Waals surface area contributed by atoms with Crippen LogP contribution in [0.4, 0.5) is 11.6 Å². The van der Waals surface area contributed by atoms with Crippen LogP contribution in [0.1, 0.15) is 19.8 Å². The fourth-order valence-electron chi connectivity index (χ4n) is 2.81. The van der Waals surface area contributed by atoms with E-state index in [9.17, 15) is 0 Å². The lowest BCUT2D eigenvalue weighted by molar-refractivity contribution is 0.284. The first kappa shape index (κ1) is 16.7. The van der Waals surface area contributed by atoms with E-state index in [1.165, 1.54) is 12.8 Å². The Kier molecular flexibility index (Phi) is 5.97. The molecule has 0 bridgehead atoms. The molecule has 0 aromatic carbocycles. The van der Waals surface area contributed by atoms with E-state index in [0.29, 0.717) is 15.9 Å². The standard InChI is InChI=1S/C15H24Cl2N4/c1-4-18-14-12(16)9-13(17)15(19-14)21-7-5-11(6-8-21)10-20(2)3/h9,11H,4-8,10H2,1-3H3,(H,18,19). The molecule has 0 amide bonds. The molecular weight excluding hydrogens is 307 g/mol. The number of rotatable bonds is 5. The summed E-state index contributed by atoms with van der Waals surface area (Å²) in [5.74, 6) is 2.32. The fourth-order valence-corrected chi connectivity index (χ4v) is 3.36. The minimum absolute atomic E-state index is 0.577. The van der Waals surface area contributed by atoms with Gasteiger partial charge in [-0.1, -0.05) is 23.2 Å². The van der Waals surface area contributed by atoms with E-state index < -0.39 is 0 Å². The second-order valence-electron chi connectivity index (χ2n) is 5.85. The Morgan fingerprint density at radius 3 is 2.52 bits per heavy atom. The maximum atomic E-state index is 6.33. The van der Waals surface area contributed by atoms with Gasteiger partial charge in [0.25, 0.3) is 0 Å². The van der Waals surface area contributed by atoms with Crippen LogP contribution in [0.25, 0.3) is 0 Å². The number of anilines is 2. The summed E-state index contributed by atoms with van der Waals surface area (Å²) >= 11 is 12.5. The second kappa shape index (κ2) is 7.52. The van der Waals surface area contributed by atoms with Gasteiger partial charge in [0.1, 0.15) is 11.6 Å². The molecule has 0 unspecified atom stereocenters. The lowest BCUT2D eigenvalue weighted by Gasteiger charge is -2.34. The van der Waals surface area contributed by atoms with Crippen molar-refractivity contribution in [3.8, 4) is 0 Å². The molecule has 0 atom stereocenters. The highest BCUT2D eigenvalue weighted by atomic mass is 35.5. The molecule has 1 aromatic rings. The summed E-state index contributed by atoms with van der Waals surface area (Å²) in [5.41, 5.74) is 0. The number of piperidine rings is 1. The highest BCUT2D eigenvalue weighted by molar-refractivity contribution is 6.37. The van der Waals surface area contributed by atoms with E-state index in [2.05, 4.69) is 34.2 Å². The average Bonchev–Trinajstić information content (AvgIpc) is 2.42. The number of aromatic nitrogens is 1. The molecule has 6 heteroatoms.